The van der Waals surface area contributed by atoms with E-state index in [9.17, 15) is 0 Å². The summed E-state index contributed by atoms with van der Waals surface area (Å²) < 4.78 is 11.3. The standard InChI is InChI=1S/C18H21N7O2/c1-19-15-7-8-20-18(23-15)21-12-5-6-13(26-2)14(9-12)27-10-16-22-17(25-24-16)11-3-4-11/h5-9,11H,3-4,10H2,1-2H3,(H,22,24,25)(H2,19,20,21,23). The lowest BCUT2D eigenvalue weighted by atomic mass is 10.2. The quantitative estimate of drug-likeness (QED) is 0.557. The Morgan fingerprint density at radius 2 is 2.07 bits per heavy atom. The predicted molar refractivity (Wildman–Crippen MR) is 101 cm³/mol. The third kappa shape index (κ3) is 4.08. The van der Waals surface area contributed by atoms with E-state index in [2.05, 4.69) is 35.8 Å². The van der Waals surface area contributed by atoms with E-state index < -0.39 is 0 Å². The van der Waals surface area contributed by atoms with Gasteiger partial charge in [0.15, 0.2) is 17.3 Å². The van der Waals surface area contributed by atoms with Crippen molar-refractivity contribution in [1.29, 1.82) is 0 Å². The zero-order valence-electron chi connectivity index (χ0n) is 15.2. The van der Waals surface area contributed by atoms with E-state index in [1.54, 1.807) is 19.4 Å². The van der Waals surface area contributed by atoms with E-state index in [-0.39, 0.29) is 6.61 Å². The Hall–Kier alpha value is -3.36. The summed E-state index contributed by atoms with van der Waals surface area (Å²) in [4.78, 5) is 11.8. The van der Waals surface area contributed by atoms with E-state index in [0.29, 0.717) is 29.2 Å². The molecule has 3 N–H and O–H groups in total. The third-order valence-corrected chi connectivity index (χ3v) is 4.21. The van der Waals surface area contributed by atoms with Gasteiger partial charge in [0.25, 0.3) is 0 Å². The van der Waals surface area contributed by atoms with Gasteiger partial charge in [0.2, 0.25) is 5.95 Å². The number of nitrogens with one attached hydrogen (secondary N) is 3. The number of hydrogen-bond donors (Lipinski definition) is 3. The van der Waals surface area contributed by atoms with Crippen LogP contribution in [0.5, 0.6) is 11.5 Å². The fourth-order valence-corrected chi connectivity index (χ4v) is 2.62. The molecule has 1 aliphatic rings. The highest BCUT2D eigenvalue weighted by atomic mass is 16.5. The highest BCUT2D eigenvalue weighted by molar-refractivity contribution is 5.60. The molecule has 1 aliphatic carbocycles. The zero-order valence-corrected chi connectivity index (χ0v) is 15.2. The van der Waals surface area contributed by atoms with E-state index in [1.165, 1.54) is 12.8 Å². The third-order valence-electron chi connectivity index (χ3n) is 4.21. The molecule has 0 amide bonds. The van der Waals surface area contributed by atoms with Crippen LogP contribution in [0.15, 0.2) is 30.5 Å². The minimum absolute atomic E-state index is 0.283. The molecule has 0 bridgehead atoms. The van der Waals surface area contributed by atoms with Crippen molar-refractivity contribution < 1.29 is 9.47 Å². The highest BCUT2D eigenvalue weighted by Gasteiger charge is 2.27. The van der Waals surface area contributed by atoms with Gasteiger partial charge in [-0.3, -0.25) is 0 Å². The van der Waals surface area contributed by atoms with Crippen LogP contribution < -0.4 is 20.1 Å². The molecule has 2 aromatic heterocycles. The maximum absolute atomic E-state index is 5.90. The Morgan fingerprint density at radius 1 is 1.19 bits per heavy atom. The van der Waals surface area contributed by atoms with Crippen molar-refractivity contribution in [3.05, 3.63) is 42.1 Å². The molecule has 4 rings (SSSR count). The number of hydrogen-bond acceptors (Lipinski definition) is 8. The second-order valence-electron chi connectivity index (χ2n) is 6.23. The molecular weight excluding hydrogens is 346 g/mol. The molecule has 3 aromatic rings. The predicted octanol–water partition coefficient (Wildman–Crippen LogP) is 2.85. The normalized spacial score (nSPS) is 13.3. The second kappa shape index (κ2) is 7.48. The van der Waals surface area contributed by atoms with E-state index in [4.69, 9.17) is 9.47 Å². The molecule has 1 aromatic carbocycles. The first-order valence-corrected chi connectivity index (χ1v) is 8.75. The molecule has 2 heterocycles. The van der Waals surface area contributed by atoms with Gasteiger partial charge in [0.05, 0.1) is 7.11 Å². The Bertz CT molecular complexity index is 924. The maximum atomic E-state index is 5.90. The van der Waals surface area contributed by atoms with Gasteiger partial charge in [-0.25, -0.2) is 4.98 Å². The van der Waals surface area contributed by atoms with Gasteiger partial charge in [0.1, 0.15) is 18.2 Å². The van der Waals surface area contributed by atoms with Gasteiger partial charge >= 0.3 is 0 Å². The Kier molecular flexibility index (Phi) is 4.73. The smallest absolute Gasteiger partial charge is 0.229 e. The zero-order chi connectivity index (χ0) is 18.6. The molecular formula is C18H21N7O2. The van der Waals surface area contributed by atoms with Crippen molar-refractivity contribution in [2.45, 2.75) is 25.4 Å². The highest BCUT2D eigenvalue weighted by Crippen LogP contribution is 2.38. The number of H-pyrrole nitrogens is 1. The molecule has 0 radical (unpaired) electrons. The molecule has 140 valence electrons. The lowest BCUT2D eigenvalue weighted by molar-refractivity contribution is 0.277. The van der Waals surface area contributed by atoms with Crippen LogP contribution in [0.3, 0.4) is 0 Å². The van der Waals surface area contributed by atoms with E-state index in [0.717, 1.165) is 17.3 Å². The largest absolute Gasteiger partial charge is 0.493 e. The number of aromatic amines is 1. The van der Waals surface area contributed by atoms with Crippen LogP contribution in [0.2, 0.25) is 0 Å². The average Bonchev–Trinajstić information content (AvgIpc) is 3.45. The number of benzene rings is 1. The Labute approximate surface area is 156 Å². The SMILES string of the molecule is CNc1ccnc(Nc2ccc(OC)c(OCc3nnc(C4CC4)[nH]3)c2)n1. The summed E-state index contributed by atoms with van der Waals surface area (Å²) in [6.07, 6.45) is 4.03. The molecule has 27 heavy (non-hydrogen) atoms. The number of ether oxygens (including phenoxy) is 2. The molecule has 0 spiro atoms. The summed E-state index contributed by atoms with van der Waals surface area (Å²) in [5.74, 6) is 4.61. The molecule has 0 aliphatic heterocycles. The summed E-state index contributed by atoms with van der Waals surface area (Å²) in [5.41, 5.74) is 0.787. The molecule has 0 atom stereocenters. The first kappa shape index (κ1) is 17.1. The van der Waals surface area contributed by atoms with Crippen molar-refractivity contribution in [3.63, 3.8) is 0 Å². The topological polar surface area (TPSA) is 110 Å². The lowest BCUT2D eigenvalue weighted by Crippen LogP contribution is -2.02. The second-order valence-corrected chi connectivity index (χ2v) is 6.23. The number of nitrogens with zero attached hydrogens (tertiary/aromatic N) is 4. The first-order valence-electron chi connectivity index (χ1n) is 8.75. The van der Waals surface area contributed by atoms with Crippen LogP contribution in [0.1, 0.15) is 30.4 Å². The monoisotopic (exact) mass is 367 g/mol. The minimum atomic E-state index is 0.283. The number of aromatic nitrogens is 5. The summed E-state index contributed by atoms with van der Waals surface area (Å²) in [6, 6.07) is 7.34. The molecule has 0 saturated heterocycles. The molecule has 9 heteroatoms. The summed E-state index contributed by atoms with van der Waals surface area (Å²) in [5, 5.41) is 14.5. The van der Waals surface area contributed by atoms with Crippen molar-refractivity contribution in [1.82, 2.24) is 25.1 Å². The van der Waals surface area contributed by atoms with Gasteiger partial charge in [-0.1, -0.05) is 0 Å². The van der Waals surface area contributed by atoms with Crippen LogP contribution in [-0.2, 0) is 6.61 Å². The summed E-state index contributed by atoms with van der Waals surface area (Å²) >= 11 is 0. The number of rotatable bonds is 8. The van der Waals surface area contributed by atoms with E-state index >= 15 is 0 Å². The minimum Gasteiger partial charge on any atom is -0.493 e. The fourth-order valence-electron chi connectivity index (χ4n) is 2.62. The molecule has 1 saturated carbocycles. The van der Waals surface area contributed by atoms with Crippen LogP contribution in [0.4, 0.5) is 17.5 Å². The molecule has 0 unspecified atom stereocenters. The van der Waals surface area contributed by atoms with Gasteiger partial charge in [-0.05, 0) is 31.0 Å². The van der Waals surface area contributed by atoms with Gasteiger partial charge in [0, 0.05) is 30.9 Å². The van der Waals surface area contributed by atoms with Crippen LogP contribution in [-0.4, -0.2) is 39.3 Å². The van der Waals surface area contributed by atoms with Crippen molar-refractivity contribution in [3.8, 4) is 11.5 Å². The van der Waals surface area contributed by atoms with Crippen molar-refractivity contribution >= 4 is 17.5 Å². The van der Waals surface area contributed by atoms with E-state index in [1.807, 2.05) is 25.2 Å². The van der Waals surface area contributed by atoms with Gasteiger partial charge in [-0.2, -0.15) is 4.98 Å². The fraction of sp³-hybridized carbons (Fsp3) is 0.333. The number of anilines is 3. The van der Waals surface area contributed by atoms with Crippen molar-refractivity contribution in [2.75, 3.05) is 24.8 Å². The molecule has 1 fully saturated rings. The average molecular weight is 367 g/mol. The van der Waals surface area contributed by atoms with Crippen LogP contribution in [0, 0.1) is 0 Å². The van der Waals surface area contributed by atoms with Gasteiger partial charge in [-0.15, -0.1) is 10.2 Å². The molecule has 9 nitrogen and oxygen atoms in total. The van der Waals surface area contributed by atoms with Crippen molar-refractivity contribution in [2.24, 2.45) is 0 Å². The van der Waals surface area contributed by atoms with Crippen LogP contribution in [0.25, 0.3) is 0 Å². The first-order chi connectivity index (χ1) is 13.2. The summed E-state index contributed by atoms with van der Waals surface area (Å²) in [6.45, 7) is 0.283. The summed E-state index contributed by atoms with van der Waals surface area (Å²) in [7, 11) is 3.41. The van der Waals surface area contributed by atoms with Crippen LogP contribution >= 0.6 is 0 Å². The maximum Gasteiger partial charge on any atom is 0.229 e. The Morgan fingerprint density at radius 3 is 2.85 bits per heavy atom. The lowest BCUT2D eigenvalue weighted by Gasteiger charge is -2.12. The van der Waals surface area contributed by atoms with Gasteiger partial charge < -0.3 is 25.1 Å². The Balaban J connectivity index is 1.47. The number of methoxy groups -OCH3 is 1.